The van der Waals surface area contributed by atoms with Crippen molar-refractivity contribution in [3.8, 4) is 0 Å². The van der Waals surface area contributed by atoms with Gasteiger partial charge in [0.15, 0.2) is 0 Å². The summed E-state index contributed by atoms with van der Waals surface area (Å²) in [4.78, 5) is 12.8. The minimum atomic E-state index is -0.508. The van der Waals surface area contributed by atoms with Gasteiger partial charge in [-0.2, -0.15) is 5.10 Å². The van der Waals surface area contributed by atoms with E-state index >= 15 is 0 Å². The fourth-order valence-electron chi connectivity index (χ4n) is 2.71. The summed E-state index contributed by atoms with van der Waals surface area (Å²) in [5.74, 6) is 0.0343. The Labute approximate surface area is 112 Å². The molecule has 1 aromatic carbocycles. The number of carbonyl (C=O) groups excluding carboxylic acids is 1. The van der Waals surface area contributed by atoms with Gasteiger partial charge in [-0.15, -0.1) is 0 Å². The van der Waals surface area contributed by atoms with Gasteiger partial charge in [-0.1, -0.05) is 30.3 Å². The van der Waals surface area contributed by atoms with Gasteiger partial charge in [-0.05, 0) is 24.5 Å². The number of hydrogen-bond donors (Lipinski definition) is 0. The van der Waals surface area contributed by atoms with Crippen molar-refractivity contribution in [1.82, 2.24) is 9.78 Å². The van der Waals surface area contributed by atoms with Gasteiger partial charge < -0.3 is 4.74 Å². The van der Waals surface area contributed by atoms with Crippen molar-refractivity contribution >= 4 is 5.91 Å². The van der Waals surface area contributed by atoms with Crippen LogP contribution in [-0.4, -0.2) is 28.9 Å². The maximum Gasteiger partial charge on any atom is 0.257 e. The quantitative estimate of drug-likeness (QED) is 0.828. The van der Waals surface area contributed by atoms with E-state index in [1.165, 1.54) is 4.68 Å². The van der Waals surface area contributed by atoms with Crippen molar-refractivity contribution in [3.63, 3.8) is 0 Å². The molecule has 0 saturated carbocycles. The first-order chi connectivity index (χ1) is 9.33. The molecule has 0 atom stereocenters. The molecule has 1 fully saturated rings. The molecule has 1 aliphatic heterocycles. The molecule has 2 aromatic rings. The molecule has 0 amide bonds. The second-order valence-electron chi connectivity index (χ2n) is 4.82. The highest BCUT2D eigenvalue weighted by Crippen LogP contribution is 2.36. The van der Waals surface area contributed by atoms with Crippen LogP contribution in [0.4, 0.5) is 0 Å². The lowest BCUT2D eigenvalue weighted by molar-refractivity contribution is 0.0355. The molecule has 0 spiro atoms. The maximum absolute atomic E-state index is 12.8. The molecule has 2 heterocycles. The van der Waals surface area contributed by atoms with Crippen LogP contribution in [-0.2, 0) is 10.2 Å². The molecule has 4 nitrogen and oxygen atoms in total. The first-order valence-corrected chi connectivity index (χ1v) is 6.51. The van der Waals surface area contributed by atoms with E-state index < -0.39 is 5.41 Å². The second-order valence-corrected chi connectivity index (χ2v) is 4.82. The molecule has 4 heteroatoms. The third kappa shape index (κ3) is 2.08. The lowest BCUT2D eigenvalue weighted by atomic mass is 9.73. The van der Waals surface area contributed by atoms with Crippen LogP contribution in [0.5, 0.6) is 0 Å². The molecule has 1 saturated heterocycles. The molecule has 19 heavy (non-hydrogen) atoms. The van der Waals surface area contributed by atoms with Crippen molar-refractivity contribution < 1.29 is 9.53 Å². The van der Waals surface area contributed by atoms with Crippen LogP contribution in [0.3, 0.4) is 0 Å². The summed E-state index contributed by atoms with van der Waals surface area (Å²) in [6.45, 7) is 1.23. The van der Waals surface area contributed by atoms with E-state index in [-0.39, 0.29) is 5.91 Å². The number of carbonyl (C=O) groups is 1. The third-order valence-electron chi connectivity index (χ3n) is 3.79. The van der Waals surface area contributed by atoms with Gasteiger partial charge >= 0.3 is 0 Å². The SMILES string of the molecule is O=C(n1cccn1)C1(c2ccccc2)CCOCC1. The first kappa shape index (κ1) is 12.1. The highest BCUT2D eigenvalue weighted by molar-refractivity contribution is 5.89. The molecule has 3 rings (SSSR count). The van der Waals surface area contributed by atoms with Gasteiger partial charge in [0.2, 0.25) is 0 Å². The molecule has 0 radical (unpaired) electrons. The van der Waals surface area contributed by atoms with E-state index in [0.29, 0.717) is 26.1 Å². The number of nitrogens with zero attached hydrogens (tertiary/aromatic N) is 2. The minimum Gasteiger partial charge on any atom is -0.381 e. The molecule has 0 aliphatic carbocycles. The van der Waals surface area contributed by atoms with E-state index in [2.05, 4.69) is 5.10 Å². The van der Waals surface area contributed by atoms with Crippen molar-refractivity contribution in [2.45, 2.75) is 18.3 Å². The Hall–Kier alpha value is -1.94. The smallest absolute Gasteiger partial charge is 0.257 e. The Morgan fingerprint density at radius 3 is 2.53 bits per heavy atom. The predicted molar refractivity (Wildman–Crippen MR) is 71.0 cm³/mol. The number of ether oxygens (including phenoxy) is 1. The van der Waals surface area contributed by atoms with Crippen LogP contribution in [0, 0.1) is 0 Å². The van der Waals surface area contributed by atoms with Crippen molar-refractivity contribution in [3.05, 3.63) is 54.4 Å². The minimum absolute atomic E-state index is 0.0343. The molecular weight excluding hydrogens is 240 g/mol. The summed E-state index contributed by atoms with van der Waals surface area (Å²) in [5.41, 5.74) is 0.546. The average molecular weight is 256 g/mol. The molecule has 0 bridgehead atoms. The first-order valence-electron chi connectivity index (χ1n) is 6.51. The van der Waals surface area contributed by atoms with Gasteiger partial charge in [0.05, 0.1) is 5.41 Å². The molecule has 0 unspecified atom stereocenters. The summed E-state index contributed by atoms with van der Waals surface area (Å²) in [6.07, 6.45) is 4.75. The van der Waals surface area contributed by atoms with Crippen LogP contribution >= 0.6 is 0 Å². The van der Waals surface area contributed by atoms with Crippen LogP contribution in [0.1, 0.15) is 23.2 Å². The standard InChI is InChI=1S/C15H16N2O2/c18-14(17-10-4-9-16-17)15(7-11-19-12-8-15)13-5-2-1-3-6-13/h1-6,9-10H,7-8,11-12H2. The zero-order valence-corrected chi connectivity index (χ0v) is 10.7. The number of benzene rings is 1. The molecule has 1 aliphatic rings. The summed E-state index contributed by atoms with van der Waals surface area (Å²) in [6, 6.07) is 11.7. The Morgan fingerprint density at radius 2 is 1.89 bits per heavy atom. The summed E-state index contributed by atoms with van der Waals surface area (Å²) < 4.78 is 6.87. The van der Waals surface area contributed by atoms with E-state index in [0.717, 1.165) is 5.56 Å². The number of aromatic nitrogens is 2. The number of hydrogen-bond acceptors (Lipinski definition) is 3. The summed E-state index contributed by atoms with van der Waals surface area (Å²) >= 11 is 0. The van der Waals surface area contributed by atoms with Crippen LogP contribution < -0.4 is 0 Å². The van der Waals surface area contributed by atoms with Gasteiger partial charge in [-0.25, -0.2) is 4.68 Å². The van der Waals surface area contributed by atoms with Crippen LogP contribution in [0.2, 0.25) is 0 Å². The van der Waals surface area contributed by atoms with E-state index in [9.17, 15) is 4.79 Å². The zero-order chi connectivity index (χ0) is 13.1. The highest BCUT2D eigenvalue weighted by atomic mass is 16.5. The van der Waals surface area contributed by atoms with Crippen molar-refractivity contribution in [2.75, 3.05) is 13.2 Å². The third-order valence-corrected chi connectivity index (χ3v) is 3.79. The van der Waals surface area contributed by atoms with E-state index in [1.807, 2.05) is 30.3 Å². The average Bonchev–Trinajstić information content (AvgIpc) is 3.02. The summed E-state index contributed by atoms with van der Waals surface area (Å²) in [7, 11) is 0. The number of rotatable bonds is 2. The van der Waals surface area contributed by atoms with Gasteiger partial charge in [0.1, 0.15) is 0 Å². The Kier molecular flexibility index (Phi) is 3.17. The Balaban J connectivity index is 2.04. The fraction of sp³-hybridized carbons (Fsp3) is 0.333. The Morgan fingerprint density at radius 1 is 1.16 bits per heavy atom. The van der Waals surface area contributed by atoms with Crippen LogP contribution in [0.25, 0.3) is 0 Å². The topological polar surface area (TPSA) is 44.1 Å². The van der Waals surface area contributed by atoms with Gasteiger partial charge in [0.25, 0.3) is 5.91 Å². The molecular formula is C15H16N2O2. The molecule has 98 valence electrons. The second kappa shape index (κ2) is 4.97. The molecule has 0 N–H and O–H groups in total. The zero-order valence-electron chi connectivity index (χ0n) is 10.7. The van der Waals surface area contributed by atoms with Crippen LogP contribution in [0.15, 0.2) is 48.8 Å². The highest BCUT2D eigenvalue weighted by Gasteiger charge is 2.42. The van der Waals surface area contributed by atoms with Gasteiger partial charge in [0, 0.05) is 25.6 Å². The normalized spacial score (nSPS) is 18.1. The van der Waals surface area contributed by atoms with E-state index in [4.69, 9.17) is 4.74 Å². The maximum atomic E-state index is 12.8. The van der Waals surface area contributed by atoms with E-state index in [1.54, 1.807) is 18.5 Å². The van der Waals surface area contributed by atoms with Crippen molar-refractivity contribution in [1.29, 1.82) is 0 Å². The lowest BCUT2D eigenvalue weighted by Crippen LogP contribution is -2.44. The fourth-order valence-corrected chi connectivity index (χ4v) is 2.71. The van der Waals surface area contributed by atoms with Gasteiger partial charge in [-0.3, -0.25) is 4.79 Å². The lowest BCUT2D eigenvalue weighted by Gasteiger charge is -2.35. The summed E-state index contributed by atoms with van der Waals surface area (Å²) in [5, 5.41) is 4.09. The van der Waals surface area contributed by atoms with Crippen molar-refractivity contribution in [2.24, 2.45) is 0 Å². The molecule has 1 aromatic heterocycles. The Bertz CT molecular complexity index is 543. The monoisotopic (exact) mass is 256 g/mol. The largest absolute Gasteiger partial charge is 0.381 e. The predicted octanol–water partition coefficient (Wildman–Crippen LogP) is 2.27.